The highest BCUT2D eigenvalue weighted by Crippen LogP contribution is 2.29. The first-order valence-electron chi connectivity index (χ1n) is 12.8. The van der Waals surface area contributed by atoms with Crippen molar-refractivity contribution in [2.45, 2.75) is 58.2 Å². The van der Waals surface area contributed by atoms with Crippen LogP contribution in [-0.2, 0) is 11.3 Å². The van der Waals surface area contributed by atoms with Gasteiger partial charge in [0.05, 0.1) is 12.0 Å². The van der Waals surface area contributed by atoms with Gasteiger partial charge in [-0.05, 0) is 63.8 Å². The quantitative estimate of drug-likeness (QED) is 0.321. The highest BCUT2D eigenvalue weighted by Gasteiger charge is 2.43. The van der Waals surface area contributed by atoms with Crippen LogP contribution in [0.3, 0.4) is 0 Å². The van der Waals surface area contributed by atoms with Crippen LogP contribution in [0.5, 0.6) is 5.75 Å². The van der Waals surface area contributed by atoms with E-state index in [2.05, 4.69) is 50.6 Å². The van der Waals surface area contributed by atoms with Gasteiger partial charge >= 0.3 is 6.03 Å². The van der Waals surface area contributed by atoms with E-state index in [0.29, 0.717) is 25.6 Å². The molecule has 2 aliphatic heterocycles. The lowest BCUT2D eigenvalue weighted by Gasteiger charge is -2.32. The van der Waals surface area contributed by atoms with E-state index in [1.54, 1.807) is 31.5 Å². The lowest BCUT2D eigenvalue weighted by molar-refractivity contribution is -0.130. The largest absolute Gasteiger partial charge is 0.494 e. The molecule has 2 N–H and O–H groups in total. The molecule has 0 saturated carbocycles. The fraction of sp³-hybridized carbons (Fsp3) is 0.481. The fourth-order valence-electron chi connectivity index (χ4n) is 4.90. The van der Waals surface area contributed by atoms with Crippen LogP contribution in [0.2, 0.25) is 0 Å². The van der Waals surface area contributed by atoms with E-state index in [-0.39, 0.29) is 11.9 Å². The number of carbonyl (C=O) groups is 2. The van der Waals surface area contributed by atoms with Crippen molar-refractivity contribution < 1.29 is 14.3 Å². The molecule has 2 aromatic heterocycles. The van der Waals surface area contributed by atoms with Gasteiger partial charge in [0.2, 0.25) is 0 Å². The molecule has 3 amide bonds. The van der Waals surface area contributed by atoms with Crippen LogP contribution in [0, 0.1) is 6.92 Å². The normalized spacial score (nSPS) is 18.4. The molecular formula is C27H34N6O3S. The summed E-state index contributed by atoms with van der Waals surface area (Å²) in [4.78, 5) is 39.1. The number of hydrogen-bond donors (Lipinski definition) is 2. The second-order valence-electron chi connectivity index (χ2n) is 10.4. The minimum atomic E-state index is -0.827. The summed E-state index contributed by atoms with van der Waals surface area (Å²) in [6.07, 6.45) is 4.39. The zero-order valence-electron chi connectivity index (χ0n) is 21.6. The van der Waals surface area contributed by atoms with Gasteiger partial charge in [-0.15, -0.1) is 11.3 Å². The number of nitrogens with zero attached hydrogens (tertiary/aromatic N) is 4. The van der Waals surface area contributed by atoms with Crippen molar-refractivity contribution in [1.82, 2.24) is 25.1 Å². The number of carbonyl (C=O) groups excluding carboxylic acids is 2. The van der Waals surface area contributed by atoms with Crippen LogP contribution in [-0.4, -0.2) is 69.5 Å². The van der Waals surface area contributed by atoms with Crippen LogP contribution in [0.15, 0.2) is 36.7 Å². The van der Waals surface area contributed by atoms with Gasteiger partial charge in [-0.3, -0.25) is 14.6 Å². The number of urea groups is 1. The topological polar surface area (TPSA) is 99.7 Å². The molecule has 0 spiro atoms. The predicted octanol–water partition coefficient (Wildman–Crippen LogP) is 4.18. The first-order valence-corrected chi connectivity index (χ1v) is 13.7. The summed E-state index contributed by atoms with van der Waals surface area (Å²) in [5.74, 6) is 1.55. The van der Waals surface area contributed by atoms with E-state index in [1.165, 1.54) is 15.3 Å². The molecule has 0 aliphatic carbocycles. The van der Waals surface area contributed by atoms with Gasteiger partial charge in [0.25, 0.3) is 5.91 Å². The molecule has 0 radical (unpaired) electrons. The molecule has 4 heterocycles. The highest BCUT2D eigenvalue weighted by atomic mass is 32.1. The van der Waals surface area contributed by atoms with E-state index in [9.17, 15) is 9.59 Å². The number of aryl methyl sites for hydroxylation is 1. The number of benzene rings is 1. The second kappa shape index (κ2) is 10.6. The van der Waals surface area contributed by atoms with Gasteiger partial charge < -0.3 is 15.4 Å². The third kappa shape index (κ3) is 5.86. The Balaban J connectivity index is 1.03. The van der Waals surface area contributed by atoms with Crippen LogP contribution >= 0.6 is 11.3 Å². The Bertz CT molecular complexity index is 1270. The Morgan fingerprint density at radius 3 is 2.62 bits per heavy atom. The van der Waals surface area contributed by atoms with Crippen molar-refractivity contribution in [1.29, 1.82) is 0 Å². The number of piperidine rings is 1. The fourth-order valence-corrected chi connectivity index (χ4v) is 5.75. The van der Waals surface area contributed by atoms with Crippen molar-refractivity contribution in [3.8, 4) is 5.75 Å². The zero-order chi connectivity index (χ0) is 26.0. The summed E-state index contributed by atoms with van der Waals surface area (Å²) < 4.78 is 5.83. The number of aromatic nitrogens is 2. The van der Waals surface area contributed by atoms with Gasteiger partial charge in [0.15, 0.2) is 0 Å². The molecule has 1 aromatic carbocycles. The second-order valence-corrected chi connectivity index (χ2v) is 11.6. The van der Waals surface area contributed by atoms with Gasteiger partial charge in [-0.25, -0.2) is 14.8 Å². The Morgan fingerprint density at radius 1 is 1.16 bits per heavy atom. The summed E-state index contributed by atoms with van der Waals surface area (Å²) in [7, 11) is 0. The molecule has 2 aliphatic rings. The van der Waals surface area contributed by atoms with Gasteiger partial charge in [0.1, 0.15) is 28.3 Å². The zero-order valence-corrected chi connectivity index (χ0v) is 22.4. The number of thiophene rings is 1. The number of ether oxygens (including phenoxy) is 1. The van der Waals surface area contributed by atoms with Crippen LogP contribution < -0.4 is 15.4 Å². The molecule has 9 nitrogen and oxygen atoms in total. The molecule has 0 atom stereocenters. The number of likely N-dealkylation sites (tertiary alicyclic amines) is 1. The molecule has 37 heavy (non-hydrogen) atoms. The summed E-state index contributed by atoms with van der Waals surface area (Å²) in [5, 5.41) is 7.46. The Kier molecular flexibility index (Phi) is 7.30. The number of anilines is 1. The van der Waals surface area contributed by atoms with E-state index in [4.69, 9.17) is 4.74 Å². The maximum atomic E-state index is 12.2. The average Bonchev–Trinajstić information content (AvgIpc) is 3.35. The molecule has 0 bridgehead atoms. The Labute approximate surface area is 221 Å². The number of amides is 3. The molecule has 3 aromatic rings. The van der Waals surface area contributed by atoms with Crippen molar-refractivity contribution in [2.75, 3.05) is 31.6 Å². The van der Waals surface area contributed by atoms with Crippen molar-refractivity contribution in [2.24, 2.45) is 0 Å². The van der Waals surface area contributed by atoms with Crippen molar-refractivity contribution in [3.05, 3.63) is 47.1 Å². The average molecular weight is 523 g/mol. The number of imide groups is 1. The molecule has 10 heteroatoms. The Hall–Kier alpha value is -3.24. The standard InChI is InChI=1S/C27H34N6O3S/c1-18-15-22-23(28-17-29-24(22)37-18)30-20-9-12-32(13-10-20)16-19-5-7-21(8-6-19)36-14-4-11-33-25(34)27(2,3)31-26(33)35/h5-8,15,17,20H,4,9-14,16H2,1-3H3,(H,31,35)(H,28,29,30). The first kappa shape index (κ1) is 25.4. The number of hydrogen-bond acceptors (Lipinski definition) is 8. The summed E-state index contributed by atoms with van der Waals surface area (Å²) in [6.45, 7) is 9.32. The van der Waals surface area contributed by atoms with E-state index >= 15 is 0 Å². The molecular weight excluding hydrogens is 488 g/mol. The van der Waals surface area contributed by atoms with Crippen LogP contribution in [0.25, 0.3) is 10.2 Å². The predicted molar refractivity (Wildman–Crippen MR) is 145 cm³/mol. The maximum absolute atomic E-state index is 12.2. The van der Waals surface area contributed by atoms with E-state index < -0.39 is 5.54 Å². The molecule has 0 unspecified atom stereocenters. The Morgan fingerprint density at radius 2 is 1.92 bits per heavy atom. The minimum Gasteiger partial charge on any atom is -0.494 e. The number of nitrogens with one attached hydrogen (secondary N) is 2. The molecule has 196 valence electrons. The van der Waals surface area contributed by atoms with E-state index in [1.807, 2.05) is 12.1 Å². The van der Waals surface area contributed by atoms with Crippen molar-refractivity contribution in [3.63, 3.8) is 0 Å². The van der Waals surface area contributed by atoms with Crippen molar-refractivity contribution >= 4 is 39.3 Å². The lowest BCUT2D eigenvalue weighted by atomic mass is 10.0. The van der Waals surface area contributed by atoms with Gasteiger partial charge in [-0.2, -0.15) is 0 Å². The maximum Gasteiger partial charge on any atom is 0.325 e. The van der Waals surface area contributed by atoms with Crippen LogP contribution in [0.4, 0.5) is 10.6 Å². The summed E-state index contributed by atoms with van der Waals surface area (Å²) in [6, 6.07) is 10.4. The summed E-state index contributed by atoms with van der Waals surface area (Å²) >= 11 is 1.70. The third-order valence-electron chi connectivity index (χ3n) is 6.95. The smallest absolute Gasteiger partial charge is 0.325 e. The SMILES string of the molecule is Cc1cc2c(NC3CCN(Cc4ccc(OCCCN5C(=O)NC(C)(C)C5=O)cc4)CC3)ncnc2s1. The minimum absolute atomic E-state index is 0.189. The summed E-state index contributed by atoms with van der Waals surface area (Å²) in [5.41, 5.74) is 0.429. The molecule has 2 saturated heterocycles. The van der Waals surface area contributed by atoms with Crippen LogP contribution in [0.1, 0.15) is 43.6 Å². The first-order chi connectivity index (χ1) is 17.8. The van der Waals surface area contributed by atoms with Gasteiger partial charge in [0, 0.05) is 37.1 Å². The number of fused-ring (bicyclic) bond motifs is 1. The highest BCUT2D eigenvalue weighted by molar-refractivity contribution is 7.18. The number of rotatable bonds is 9. The monoisotopic (exact) mass is 522 g/mol. The lowest BCUT2D eigenvalue weighted by Crippen LogP contribution is -2.40. The van der Waals surface area contributed by atoms with Gasteiger partial charge in [-0.1, -0.05) is 12.1 Å². The molecule has 2 fully saturated rings. The molecule has 5 rings (SSSR count). The third-order valence-corrected chi connectivity index (χ3v) is 7.91. The van der Waals surface area contributed by atoms with E-state index in [0.717, 1.165) is 54.3 Å².